The van der Waals surface area contributed by atoms with Crippen LogP contribution in [0.2, 0.25) is 0 Å². The van der Waals surface area contributed by atoms with Crippen molar-refractivity contribution in [3.05, 3.63) is 53.5 Å². The molecule has 0 saturated carbocycles. The molecular formula is C13H13FN2. The third-order valence-corrected chi connectivity index (χ3v) is 2.40. The molecule has 1 aromatic carbocycles. The fourth-order valence-corrected chi connectivity index (χ4v) is 1.55. The van der Waals surface area contributed by atoms with Gasteiger partial charge in [0.2, 0.25) is 0 Å². The number of halogens is 1. The van der Waals surface area contributed by atoms with E-state index in [0.717, 1.165) is 22.4 Å². The number of aryl methyl sites for hydroxylation is 1. The van der Waals surface area contributed by atoms with Gasteiger partial charge in [-0.2, -0.15) is 0 Å². The molecule has 0 bridgehead atoms. The standard InChI is InChI=1S/C13H13FN2/c1-9-2-3-13(16-8-9)11-4-10(7-15)5-12(14)6-11/h2-6,8H,7,15H2,1H3. The second kappa shape index (κ2) is 4.41. The number of hydrogen-bond donors (Lipinski definition) is 1. The van der Waals surface area contributed by atoms with Crippen LogP contribution >= 0.6 is 0 Å². The molecule has 3 heteroatoms. The second-order valence-corrected chi connectivity index (χ2v) is 3.77. The number of nitrogens with zero attached hydrogens (tertiary/aromatic N) is 1. The number of pyridine rings is 1. The molecule has 0 fully saturated rings. The van der Waals surface area contributed by atoms with Gasteiger partial charge >= 0.3 is 0 Å². The van der Waals surface area contributed by atoms with Gasteiger partial charge in [-0.25, -0.2) is 4.39 Å². The smallest absolute Gasteiger partial charge is 0.124 e. The van der Waals surface area contributed by atoms with E-state index in [0.29, 0.717) is 6.54 Å². The van der Waals surface area contributed by atoms with E-state index in [2.05, 4.69) is 4.98 Å². The number of hydrogen-bond acceptors (Lipinski definition) is 2. The fraction of sp³-hybridized carbons (Fsp3) is 0.154. The first kappa shape index (κ1) is 10.8. The zero-order chi connectivity index (χ0) is 11.5. The van der Waals surface area contributed by atoms with Crippen LogP contribution < -0.4 is 5.73 Å². The van der Waals surface area contributed by atoms with Crippen molar-refractivity contribution in [3.63, 3.8) is 0 Å². The van der Waals surface area contributed by atoms with Crippen LogP contribution in [0.5, 0.6) is 0 Å². The predicted octanol–water partition coefficient (Wildman–Crippen LogP) is 2.65. The van der Waals surface area contributed by atoms with Gasteiger partial charge in [0.1, 0.15) is 5.82 Å². The molecule has 0 atom stereocenters. The lowest BCUT2D eigenvalue weighted by Crippen LogP contribution is -1.97. The molecule has 0 aliphatic rings. The van der Waals surface area contributed by atoms with Crippen LogP contribution in [0.4, 0.5) is 4.39 Å². The van der Waals surface area contributed by atoms with E-state index in [4.69, 9.17) is 5.73 Å². The van der Waals surface area contributed by atoms with Crippen LogP contribution in [0.15, 0.2) is 36.5 Å². The van der Waals surface area contributed by atoms with Gasteiger partial charge in [-0.15, -0.1) is 0 Å². The first-order chi connectivity index (χ1) is 7.69. The van der Waals surface area contributed by atoms with Crippen molar-refractivity contribution in [2.24, 2.45) is 5.73 Å². The fourth-order valence-electron chi connectivity index (χ4n) is 1.55. The molecule has 2 rings (SSSR count). The molecule has 0 spiro atoms. The molecule has 0 saturated heterocycles. The van der Waals surface area contributed by atoms with Crippen molar-refractivity contribution in [2.45, 2.75) is 13.5 Å². The van der Waals surface area contributed by atoms with E-state index < -0.39 is 0 Å². The van der Waals surface area contributed by atoms with Gasteiger partial charge < -0.3 is 5.73 Å². The van der Waals surface area contributed by atoms with Crippen LogP contribution in [-0.4, -0.2) is 4.98 Å². The Morgan fingerprint density at radius 1 is 1.25 bits per heavy atom. The normalized spacial score (nSPS) is 10.4. The number of aromatic nitrogens is 1. The van der Waals surface area contributed by atoms with Crippen LogP contribution in [0.3, 0.4) is 0 Å². The first-order valence-corrected chi connectivity index (χ1v) is 5.11. The Morgan fingerprint density at radius 2 is 2.06 bits per heavy atom. The molecule has 2 nitrogen and oxygen atoms in total. The quantitative estimate of drug-likeness (QED) is 0.838. The molecule has 2 aromatic rings. The number of rotatable bonds is 2. The second-order valence-electron chi connectivity index (χ2n) is 3.77. The van der Waals surface area contributed by atoms with Crippen molar-refractivity contribution < 1.29 is 4.39 Å². The lowest BCUT2D eigenvalue weighted by atomic mass is 10.1. The third kappa shape index (κ3) is 2.25. The summed E-state index contributed by atoms with van der Waals surface area (Å²) in [6, 6.07) is 8.61. The molecule has 82 valence electrons. The van der Waals surface area contributed by atoms with Gasteiger partial charge in [0.25, 0.3) is 0 Å². The summed E-state index contributed by atoms with van der Waals surface area (Å²) in [6.07, 6.45) is 1.77. The zero-order valence-electron chi connectivity index (χ0n) is 9.07. The summed E-state index contributed by atoms with van der Waals surface area (Å²) < 4.78 is 13.3. The van der Waals surface area contributed by atoms with Crippen molar-refractivity contribution in [2.75, 3.05) is 0 Å². The SMILES string of the molecule is Cc1ccc(-c2cc(F)cc(CN)c2)nc1. The van der Waals surface area contributed by atoms with Crippen LogP contribution in [0.1, 0.15) is 11.1 Å². The Kier molecular flexibility index (Phi) is 2.97. The minimum absolute atomic E-state index is 0.277. The number of nitrogens with two attached hydrogens (primary N) is 1. The van der Waals surface area contributed by atoms with Crippen LogP contribution in [0, 0.1) is 12.7 Å². The lowest BCUT2D eigenvalue weighted by molar-refractivity contribution is 0.626. The summed E-state index contributed by atoms with van der Waals surface area (Å²) in [6.45, 7) is 2.30. The molecule has 0 unspecified atom stereocenters. The van der Waals surface area contributed by atoms with Gasteiger partial charge in [0.05, 0.1) is 5.69 Å². The highest BCUT2D eigenvalue weighted by atomic mass is 19.1. The highest BCUT2D eigenvalue weighted by Crippen LogP contribution is 2.20. The van der Waals surface area contributed by atoms with Crippen LogP contribution in [-0.2, 0) is 6.54 Å². The minimum Gasteiger partial charge on any atom is -0.326 e. The van der Waals surface area contributed by atoms with E-state index >= 15 is 0 Å². The Labute approximate surface area is 93.9 Å². The van der Waals surface area contributed by atoms with E-state index in [9.17, 15) is 4.39 Å². The summed E-state index contributed by atoms with van der Waals surface area (Å²) in [7, 11) is 0. The van der Waals surface area contributed by atoms with Crippen LogP contribution in [0.25, 0.3) is 11.3 Å². The first-order valence-electron chi connectivity index (χ1n) is 5.11. The van der Waals surface area contributed by atoms with Crippen molar-refractivity contribution in [3.8, 4) is 11.3 Å². The topological polar surface area (TPSA) is 38.9 Å². The molecule has 2 N–H and O–H groups in total. The summed E-state index contributed by atoms with van der Waals surface area (Å²) >= 11 is 0. The molecule has 0 aliphatic heterocycles. The van der Waals surface area contributed by atoms with Crippen molar-refractivity contribution >= 4 is 0 Å². The third-order valence-electron chi connectivity index (χ3n) is 2.40. The maximum atomic E-state index is 13.3. The molecule has 1 aromatic heterocycles. The highest BCUT2D eigenvalue weighted by molar-refractivity contribution is 5.60. The summed E-state index contributed by atoms with van der Waals surface area (Å²) in [5.41, 5.74) is 8.89. The Bertz CT molecular complexity index is 492. The Balaban J connectivity index is 2.47. The van der Waals surface area contributed by atoms with Gasteiger partial charge in [-0.3, -0.25) is 4.98 Å². The Hall–Kier alpha value is -1.74. The molecule has 0 amide bonds. The predicted molar refractivity (Wildman–Crippen MR) is 62.3 cm³/mol. The molecule has 0 aliphatic carbocycles. The van der Waals surface area contributed by atoms with Gasteiger partial charge in [-0.05, 0) is 42.3 Å². The molecule has 16 heavy (non-hydrogen) atoms. The summed E-state index contributed by atoms with van der Waals surface area (Å²) in [5, 5.41) is 0. The molecule has 0 radical (unpaired) electrons. The summed E-state index contributed by atoms with van der Waals surface area (Å²) in [5.74, 6) is -0.277. The highest BCUT2D eigenvalue weighted by Gasteiger charge is 2.03. The average Bonchev–Trinajstić information content (AvgIpc) is 2.29. The van der Waals surface area contributed by atoms with E-state index in [1.807, 2.05) is 25.1 Å². The van der Waals surface area contributed by atoms with E-state index in [1.165, 1.54) is 12.1 Å². The van der Waals surface area contributed by atoms with Gasteiger partial charge in [0, 0.05) is 18.3 Å². The van der Waals surface area contributed by atoms with Crippen molar-refractivity contribution in [1.29, 1.82) is 0 Å². The maximum Gasteiger partial charge on any atom is 0.124 e. The molecular weight excluding hydrogens is 203 g/mol. The minimum atomic E-state index is -0.277. The lowest BCUT2D eigenvalue weighted by Gasteiger charge is -2.04. The van der Waals surface area contributed by atoms with E-state index in [1.54, 1.807) is 6.20 Å². The van der Waals surface area contributed by atoms with Gasteiger partial charge in [0.15, 0.2) is 0 Å². The molecule has 1 heterocycles. The summed E-state index contributed by atoms with van der Waals surface area (Å²) in [4.78, 5) is 4.26. The number of benzene rings is 1. The zero-order valence-corrected chi connectivity index (χ0v) is 9.07. The maximum absolute atomic E-state index is 13.3. The Morgan fingerprint density at radius 3 is 2.69 bits per heavy atom. The van der Waals surface area contributed by atoms with Crippen molar-refractivity contribution in [1.82, 2.24) is 4.98 Å². The average molecular weight is 216 g/mol. The largest absolute Gasteiger partial charge is 0.326 e. The van der Waals surface area contributed by atoms with E-state index in [-0.39, 0.29) is 5.82 Å². The van der Waals surface area contributed by atoms with Gasteiger partial charge in [-0.1, -0.05) is 6.07 Å². The monoisotopic (exact) mass is 216 g/mol.